The van der Waals surface area contributed by atoms with Gasteiger partial charge in [0.1, 0.15) is 11.3 Å². The van der Waals surface area contributed by atoms with Crippen molar-refractivity contribution in [2.45, 2.75) is 26.8 Å². The summed E-state index contributed by atoms with van der Waals surface area (Å²) in [5.74, 6) is 2.00. The second-order valence-corrected chi connectivity index (χ2v) is 6.41. The van der Waals surface area contributed by atoms with Crippen molar-refractivity contribution in [1.82, 2.24) is 15.0 Å². The Labute approximate surface area is 149 Å². The van der Waals surface area contributed by atoms with Gasteiger partial charge in [-0.25, -0.2) is 15.0 Å². The quantitative estimate of drug-likeness (QED) is 0.690. The highest BCUT2D eigenvalue weighted by Gasteiger charge is 2.13. The molecular weight excluding hydrogens is 368 g/mol. The molecule has 1 unspecified atom stereocenters. The van der Waals surface area contributed by atoms with Crippen LogP contribution in [0.15, 0.2) is 40.9 Å². The monoisotopic (exact) mass is 386 g/mol. The standard InChI is InChI=1S/C18H19BrN4O/c1-4-24-16-9-8-15-17(23-16)18(22-12(3)21-15)20-11(2)13-6-5-7-14(19)10-13/h5-11H,4H2,1-3H3,(H,20,21,22). The molecule has 5 nitrogen and oxygen atoms in total. The Bertz CT molecular complexity index is 869. The Balaban J connectivity index is 1.99. The van der Waals surface area contributed by atoms with E-state index < -0.39 is 0 Å². The van der Waals surface area contributed by atoms with Crippen molar-refractivity contribution >= 4 is 32.8 Å². The van der Waals surface area contributed by atoms with Crippen LogP contribution >= 0.6 is 15.9 Å². The molecular formula is C18H19BrN4O. The van der Waals surface area contributed by atoms with Crippen LogP contribution in [0.5, 0.6) is 5.88 Å². The third-order valence-electron chi connectivity index (χ3n) is 3.62. The van der Waals surface area contributed by atoms with Crippen molar-refractivity contribution in [2.75, 3.05) is 11.9 Å². The van der Waals surface area contributed by atoms with Gasteiger partial charge in [-0.2, -0.15) is 0 Å². The van der Waals surface area contributed by atoms with Crippen LogP contribution in [0.2, 0.25) is 0 Å². The van der Waals surface area contributed by atoms with E-state index in [0.717, 1.165) is 15.6 Å². The molecule has 0 amide bonds. The maximum atomic E-state index is 5.50. The molecule has 6 heteroatoms. The van der Waals surface area contributed by atoms with Crippen molar-refractivity contribution < 1.29 is 4.74 Å². The summed E-state index contributed by atoms with van der Waals surface area (Å²) in [7, 11) is 0. The molecule has 0 saturated carbocycles. The summed E-state index contributed by atoms with van der Waals surface area (Å²) in [6.07, 6.45) is 0. The molecule has 1 aromatic carbocycles. The fourth-order valence-electron chi connectivity index (χ4n) is 2.51. The predicted octanol–water partition coefficient (Wildman–Crippen LogP) is 4.67. The van der Waals surface area contributed by atoms with E-state index in [4.69, 9.17) is 4.74 Å². The van der Waals surface area contributed by atoms with Crippen LogP contribution in [0.1, 0.15) is 31.3 Å². The molecule has 1 N–H and O–H groups in total. The van der Waals surface area contributed by atoms with E-state index >= 15 is 0 Å². The predicted molar refractivity (Wildman–Crippen MR) is 99.4 cm³/mol. The van der Waals surface area contributed by atoms with Crippen LogP contribution in [-0.4, -0.2) is 21.6 Å². The molecule has 0 spiro atoms. The number of aryl methyl sites for hydroxylation is 1. The van der Waals surface area contributed by atoms with Gasteiger partial charge in [0.05, 0.1) is 18.2 Å². The lowest BCUT2D eigenvalue weighted by Gasteiger charge is -2.17. The number of rotatable bonds is 5. The van der Waals surface area contributed by atoms with E-state index in [-0.39, 0.29) is 6.04 Å². The van der Waals surface area contributed by atoms with Crippen molar-refractivity contribution in [3.05, 3.63) is 52.3 Å². The van der Waals surface area contributed by atoms with E-state index in [0.29, 0.717) is 29.6 Å². The summed E-state index contributed by atoms with van der Waals surface area (Å²) in [6, 6.07) is 12.0. The Morgan fingerprint density at radius 1 is 1.17 bits per heavy atom. The summed E-state index contributed by atoms with van der Waals surface area (Å²) < 4.78 is 6.55. The number of pyridine rings is 1. The van der Waals surface area contributed by atoms with Gasteiger partial charge in [0, 0.05) is 10.5 Å². The lowest BCUT2D eigenvalue weighted by atomic mass is 10.1. The molecule has 3 aromatic rings. The molecule has 124 valence electrons. The SMILES string of the molecule is CCOc1ccc2nc(C)nc(NC(C)c3cccc(Br)c3)c2n1. The summed E-state index contributed by atoms with van der Waals surface area (Å²) >= 11 is 3.51. The fraction of sp³-hybridized carbons (Fsp3) is 0.278. The van der Waals surface area contributed by atoms with Gasteiger partial charge in [0.15, 0.2) is 5.82 Å². The number of benzene rings is 1. The van der Waals surface area contributed by atoms with Gasteiger partial charge in [-0.1, -0.05) is 28.1 Å². The largest absolute Gasteiger partial charge is 0.478 e. The van der Waals surface area contributed by atoms with Gasteiger partial charge < -0.3 is 10.1 Å². The zero-order valence-corrected chi connectivity index (χ0v) is 15.5. The minimum Gasteiger partial charge on any atom is -0.478 e. The lowest BCUT2D eigenvalue weighted by Crippen LogP contribution is -2.10. The highest BCUT2D eigenvalue weighted by atomic mass is 79.9. The minimum absolute atomic E-state index is 0.0811. The first-order valence-electron chi connectivity index (χ1n) is 7.87. The van der Waals surface area contributed by atoms with Gasteiger partial charge in [-0.05, 0) is 44.5 Å². The van der Waals surface area contributed by atoms with Crippen LogP contribution in [0.4, 0.5) is 5.82 Å². The molecule has 0 bridgehead atoms. The third kappa shape index (κ3) is 3.64. The third-order valence-corrected chi connectivity index (χ3v) is 4.12. The summed E-state index contributed by atoms with van der Waals surface area (Å²) in [5, 5.41) is 3.45. The zero-order chi connectivity index (χ0) is 17.1. The number of halogens is 1. The molecule has 0 aliphatic rings. The van der Waals surface area contributed by atoms with Crippen LogP contribution in [0.3, 0.4) is 0 Å². The second kappa shape index (κ2) is 7.13. The molecule has 24 heavy (non-hydrogen) atoms. The highest BCUT2D eigenvalue weighted by molar-refractivity contribution is 9.10. The van der Waals surface area contributed by atoms with Gasteiger partial charge in [0.2, 0.25) is 5.88 Å². The van der Waals surface area contributed by atoms with Gasteiger partial charge in [-0.3, -0.25) is 0 Å². The second-order valence-electron chi connectivity index (χ2n) is 5.49. The number of nitrogens with one attached hydrogen (secondary N) is 1. The lowest BCUT2D eigenvalue weighted by molar-refractivity contribution is 0.328. The number of hydrogen-bond acceptors (Lipinski definition) is 5. The van der Waals surface area contributed by atoms with Crippen LogP contribution < -0.4 is 10.1 Å². The Morgan fingerprint density at radius 3 is 2.75 bits per heavy atom. The number of aromatic nitrogens is 3. The molecule has 2 aromatic heterocycles. The zero-order valence-electron chi connectivity index (χ0n) is 13.9. The molecule has 0 radical (unpaired) electrons. The molecule has 1 atom stereocenters. The van der Waals surface area contributed by atoms with E-state index in [1.54, 1.807) is 0 Å². The van der Waals surface area contributed by atoms with Crippen LogP contribution in [-0.2, 0) is 0 Å². The molecule has 0 saturated heterocycles. The maximum absolute atomic E-state index is 5.50. The number of fused-ring (bicyclic) bond motifs is 1. The van der Waals surface area contributed by atoms with Crippen molar-refractivity contribution in [3.63, 3.8) is 0 Å². The number of hydrogen-bond donors (Lipinski definition) is 1. The first-order valence-corrected chi connectivity index (χ1v) is 8.66. The first-order chi connectivity index (χ1) is 11.6. The van der Waals surface area contributed by atoms with E-state index in [1.165, 1.54) is 0 Å². The minimum atomic E-state index is 0.0811. The summed E-state index contributed by atoms with van der Waals surface area (Å²) in [4.78, 5) is 13.5. The normalized spacial score (nSPS) is 12.2. The van der Waals surface area contributed by atoms with Crippen molar-refractivity contribution in [3.8, 4) is 5.88 Å². The Hall–Kier alpha value is -2.21. The average molecular weight is 387 g/mol. The molecule has 0 aliphatic carbocycles. The smallest absolute Gasteiger partial charge is 0.214 e. The van der Waals surface area contributed by atoms with E-state index in [2.05, 4.69) is 55.3 Å². The molecule has 0 fully saturated rings. The Kier molecular flexibility index (Phi) is 4.94. The molecule has 0 aliphatic heterocycles. The number of anilines is 1. The van der Waals surface area contributed by atoms with E-state index in [1.807, 2.05) is 38.1 Å². The fourth-order valence-corrected chi connectivity index (χ4v) is 2.92. The number of ether oxygens (including phenoxy) is 1. The molecule has 2 heterocycles. The van der Waals surface area contributed by atoms with Gasteiger partial charge in [0.25, 0.3) is 0 Å². The van der Waals surface area contributed by atoms with Crippen molar-refractivity contribution in [2.24, 2.45) is 0 Å². The summed E-state index contributed by atoms with van der Waals surface area (Å²) in [5.41, 5.74) is 2.68. The first kappa shape index (κ1) is 16.6. The summed E-state index contributed by atoms with van der Waals surface area (Å²) in [6.45, 7) is 6.48. The maximum Gasteiger partial charge on any atom is 0.214 e. The topological polar surface area (TPSA) is 59.9 Å². The van der Waals surface area contributed by atoms with Crippen LogP contribution in [0.25, 0.3) is 11.0 Å². The highest BCUT2D eigenvalue weighted by Crippen LogP contribution is 2.26. The van der Waals surface area contributed by atoms with Crippen LogP contribution in [0, 0.1) is 6.92 Å². The number of nitrogens with zero attached hydrogens (tertiary/aromatic N) is 3. The van der Waals surface area contributed by atoms with E-state index in [9.17, 15) is 0 Å². The Morgan fingerprint density at radius 2 is 2.00 bits per heavy atom. The van der Waals surface area contributed by atoms with Gasteiger partial charge >= 0.3 is 0 Å². The average Bonchev–Trinajstić information content (AvgIpc) is 2.55. The van der Waals surface area contributed by atoms with Gasteiger partial charge in [-0.15, -0.1) is 0 Å². The molecule has 3 rings (SSSR count). The van der Waals surface area contributed by atoms with Crippen molar-refractivity contribution in [1.29, 1.82) is 0 Å².